The Morgan fingerprint density at radius 2 is 2.00 bits per heavy atom. The van der Waals surface area contributed by atoms with E-state index in [-0.39, 0.29) is 10.9 Å². The van der Waals surface area contributed by atoms with Crippen LogP contribution in [0, 0.1) is 17.8 Å². The molecule has 2 bridgehead atoms. The van der Waals surface area contributed by atoms with Gasteiger partial charge in [0.25, 0.3) is 0 Å². The molecule has 122 valence electrons. The lowest BCUT2D eigenvalue weighted by Gasteiger charge is -2.28. The summed E-state index contributed by atoms with van der Waals surface area (Å²) < 4.78 is 28.7. The molecule has 0 radical (unpaired) electrons. The first-order valence-corrected chi connectivity index (χ1v) is 9.89. The quantitative estimate of drug-likeness (QED) is 0.935. The van der Waals surface area contributed by atoms with Crippen molar-refractivity contribution in [3.05, 3.63) is 36.5 Å². The summed E-state index contributed by atoms with van der Waals surface area (Å²) in [6.45, 7) is 2.02. The minimum atomic E-state index is -3.55. The fourth-order valence-corrected chi connectivity index (χ4v) is 6.07. The highest BCUT2D eigenvalue weighted by atomic mass is 32.2. The first-order chi connectivity index (χ1) is 11.0. The fourth-order valence-electron chi connectivity index (χ4n) is 4.59. The zero-order valence-electron chi connectivity index (χ0n) is 13.3. The molecule has 0 saturated heterocycles. The van der Waals surface area contributed by atoms with Crippen molar-refractivity contribution < 1.29 is 8.42 Å². The van der Waals surface area contributed by atoms with E-state index in [0.717, 1.165) is 11.3 Å². The molecule has 4 unspecified atom stereocenters. The molecule has 1 aromatic heterocycles. The Morgan fingerprint density at radius 1 is 1.17 bits per heavy atom. The van der Waals surface area contributed by atoms with Crippen molar-refractivity contribution in [3.63, 3.8) is 0 Å². The van der Waals surface area contributed by atoms with E-state index in [9.17, 15) is 8.42 Å². The summed E-state index contributed by atoms with van der Waals surface area (Å²) in [4.78, 5) is 4.55. The third-order valence-corrected chi connectivity index (χ3v) is 7.25. The molecule has 1 heterocycles. The lowest BCUT2D eigenvalue weighted by molar-refractivity contribution is 0.280. The van der Waals surface area contributed by atoms with Crippen LogP contribution in [0.4, 0.5) is 0 Å². The Kier molecular flexibility index (Phi) is 3.65. The van der Waals surface area contributed by atoms with Crippen LogP contribution in [-0.4, -0.2) is 19.4 Å². The van der Waals surface area contributed by atoms with Gasteiger partial charge in [0.05, 0.1) is 5.52 Å². The Hall–Kier alpha value is -1.46. The predicted molar refractivity (Wildman–Crippen MR) is 90.5 cm³/mol. The highest BCUT2D eigenvalue weighted by Crippen LogP contribution is 2.49. The Bertz CT molecular complexity index is 829. The van der Waals surface area contributed by atoms with E-state index in [4.69, 9.17) is 0 Å². The maximum atomic E-state index is 12.9. The van der Waals surface area contributed by atoms with Crippen molar-refractivity contribution in [2.24, 2.45) is 17.8 Å². The standard InChI is InChI=1S/C18H22N2O2S/c1-12(16-11-13-7-8-15(16)10-13)20-23(21,22)17-6-2-4-14-5-3-9-19-18(14)17/h2-6,9,12-13,15-16,20H,7-8,10-11H2,1H3. The van der Waals surface area contributed by atoms with Gasteiger partial charge in [-0.2, -0.15) is 0 Å². The van der Waals surface area contributed by atoms with Crippen LogP contribution in [-0.2, 0) is 10.0 Å². The molecular formula is C18H22N2O2S. The van der Waals surface area contributed by atoms with Gasteiger partial charge in [-0.1, -0.05) is 24.6 Å². The van der Waals surface area contributed by atoms with Crippen molar-refractivity contribution in [1.82, 2.24) is 9.71 Å². The number of fused-ring (bicyclic) bond motifs is 3. The highest BCUT2D eigenvalue weighted by molar-refractivity contribution is 7.89. The van der Waals surface area contributed by atoms with Gasteiger partial charge >= 0.3 is 0 Å². The Morgan fingerprint density at radius 3 is 2.74 bits per heavy atom. The van der Waals surface area contributed by atoms with Gasteiger partial charge in [0.1, 0.15) is 4.90 Å². The molecule has 2 aromatic rings. The smallest absolute Gasteiger partial charge is 0.242 e. The summed E-state index contributed by atoms with van der Waals surface area (Å²) in [6, 6.07) is 9.01. The number of hydrogen-bond acceptors (Lipinski definition) is 3. The zero-order valence-corrected chi connectivity index (χ0v) is 14.1. The average Bonchev–Trinajstić information content (AvgIpc) is 3.17. The summed E-state index contributed by atoms with van der Waals surface area (Å²) in [5.41, 5.74) is 0.544. The molecule has 2 saturated carbocycles. The third-order valence-electron chi connectivity index (χ3n) is 5.66. The van der Waals surface area contributed by atoms with E-state index in [1.165, 1.54) is 25.7 Å². The molecule has 2 aliphatic rings. The largest absolute Gasteiger partial charge is 0.255 e. The lowest BCUT2D eigenvalue weighted by atomic mass is 9.84. The average molecular weight is 330 g/mol. The van der Waals surface area contributed by atoms with Crippen molar-refractivity contribution in [1.29, 1.82) is 0 Å². The Labute approximate surface area is 137 Å². The minimum Gasteiger partial charge on any atom is -0.255 e. The molecule has 0 spiro atoms. The van der Waals surface area contributed by atoms with E-state index in [2.05, 4.69) is 9.71 Å². The number of sulfonamides is 1. The molecule has 5 heteroatoms. The van der Waals surface area contributed by atoms with Gasteiger partial charge in [0.2, 0.25) is 10.0 Å². The number of hydrogen-bond donors (Lipinski definition) is 1. The summed E-state index contributed by atoms with van der Waals surface area (Å²) in [5, 5.41) is 0.850. The SMILES string of the molecule is CC(NS(=O)(=O)c1cccc2cccnc12)C1CC2CCC1C2. The van der Waals surface area contributed by atoms with E-state index in [0.29, 0.717) is 17.4 Å². The monoisotopic (exact) mass is 330 g/mol. The summed E-state index contributed by atoms with van der Waals surface area (Å²) >= 11 is 0. The number of aromatic nitrogens is 1. The second-order valence-electron chi connectivity index (χ2n) is 7.08. The second-order valence-corrected chi connectivity index (χ2v) is 8.76. The van der Waals surface area contributed by atoms with Crippen LogP contribution in [0.2, 0.25) is 0 Å². The van der Waals surface area contributed by atoms with Crippen LogP contribution in [0.1, 0.15) is 32.6 Å². The first-order valence-electron chi connectivity index (χ1n) is 8.40. The summed E-state index contributed by atoms with van der Waals surface area (Å²) in [5.74, 6) is 1.99. The summed E-state index contributed by atoms with van der Waals surface area (Å²) in [6.07, 6.45) is 6.68. The van der Waals surface area contributed by atoms with E-state index in [1.54, 1.807) is 18.3 Å². The molecule has 0 aliphatic heterocycles. The van der Waals surface area contributed by atoms with Crippen molar-refractivity contribution in [3.8, 4) is 0 Å². The normalized spacial score (nSPS) is 28.3. The molecule has 1 aromatic carbocycles. The molecule has 2 fully saturated rings. The molecule has 0 amide bonds. The van der Waals surface area contributed by atoms with Crippen LogP contribution in [0.5, 0.6) is 0 Å². The molecule has 1 N–H and O–H groups in total. The molecule has 4 rings (SSSR count). The highest BCUT2D eigenvalue weighted by Gasteiger charge is 2.42. The molecular weight excluding hydrogens is 308 g/mol. The van der Waals surface area contributed by atoms with E-state index >= 15 is 0 Å². The van der Waals surface area contributed by atoms with Gasteiger partial charge < -0.3 is 0 Å². The van der Waals surface area contributed by atoms with Crippen LogP contribution >= 0.6 is 0 Å². The lowest BCUT2D eigenvalue weighted by Crippen LogP contribution is -2.40. The second kappa shape index (κ2) is 5.56. The van der Waals surface area contributed by atoms with Crippen molar-refractivity contribution in [2.45, 2.75) is 43.5 Å². The number of benzene rings is 1. The van der Waals surface area contributed by atoms with Gasteiger partial charge in [0.15, 0.2) is 0 Å². The van der Waals surface area contributed by atoms with Crippen molar-refractivity contribution >= 4 is 20.9 Å². The van der Waals surface area contributed by atoms with E-state index < -0.39 is 10.0 Å². The predicted octanol–water partition coefficient (Wildman–Crippen LogP) is 3.34. The first kappa shape index (κ1) is 15.1. The number of para-hydroxylation sites is 1. The van der Waals surface area contributed by atoms with Gasteiger partial charge in [-0.25, -0.2) is 13.1 Å². The van der Waals surface area contributed by atoms with Crippen LogP contribution in [0.15, 0.2) is 41.4 Å². The summed E-state index contributed by atoms with van der Waals surface area (Å²) in [7, 11) is -3.55. The zero-order chi connectivity index (χ0) is 16.0. The number of nitrogens with zero attached hydrogens (tertiary/aromatic N) is 1. The third kappa shape index (κ3) is 2.66. The van der Waals surface area contributed by atoms with Crippen LogP contribution < -0.4 is 4.72 Å². The van der Waals surface area contributed by atoms with E-state index in [1.807, 2.05) is 25.1 Å². The maximum Gasteiger partial charge on any atom is 0.242 e. The topological polar surface area (TPSA) is 59.1 Å². The molecule has 23 heavy (non-hydrogen) atoms. The number of pyridine rings is 1. The van der Waals surface area contributed by atoms with Crippen LogP contribution in [0.25, 0.3) is 10.9 Å². The van der Waals surface area contributed by atoms with Gasteiger partial charge in [0, 0.05) is 17.6 Å². The van der Waals surface area contributed by atoms with Crippen LogP contribution in [0.3, 0.4) is 0 Å². The van der Waals surface area contributed by atoms with Gasteiger partial charge in [-0.3, -0.25) is 4.98 Å². The fraction of sp³-hybridized carbons (Fsp3) is 0.500. The maximum absolute atomic E-state index is 12.9. The molecule has 2 aliphatic carbocycles. The minimum absolute atomic E-state index is 0.0192. The van der Waals surface area contributed by atoms with Gasteiger partial charge in [-0.05, 0) is 56.1 Å². The number of rotatable bonds is 4. The van der Waals surface area contributed by atoms with Gasteiger partial charge in [-0.15, -0.1) is 0 Å². The van der Waals surface area contributed by atoms with Crippen molar-refractivity contribution in [2.75, 3.05) is 0 Å². The number of nitrogens with one attached hydrogen (secondary N) is 1. The Balaban J connectivity index is 1.62. The molecule has 4 nitrogen and oxygen atoms in total. The molecule has 4 atom stereocenters.